The van der Waals surface area contributed by atoms with Crippen LogP contribution in [-0.2, 0) is 6.54 Å². The van der Waals surface area contributed by atoms with Gasteiger partial charge in [-0.15, -0.1) is 0 Å². The fourth-order valence-corrected chi connectivity index (χ4v) is 3.00. The van der Waals surface area contributed by atoms with E-state index in [0.29, 0.717) is 0 Å². The molecule has 2 heteroatoms. The quantitative estimate of drug-likeness (QED) is 0.480. The molecule has 0 amide bonds. The van der Waals surface area contributed by atoms with E-state index in [4.69, 9.17) is 4.98 Å². The van der Waals surface area contributed by atoms with Crippen molar-refractivity contribution in [3.63, 3.8) is 0 Å². The van der Waals surface area contributed by atoms with Crippen LogP contribution in [-0.4, -0.2) is 9.55 Å². The molecule has 25 heavy (non-hydrogen) atoms. The molecular formula is C23H20N2. The standard InChI is InChI=1S/C23H20N2/c1-18-11-13-20(14-12-18)17-25-22-10-6-5-9-21(22)24-23(25)16-15-19-7-3-2-4-8-19/h2-16H,17H2,1H3. The van der Waals surface area contributed by atoms with Gasteiger partial charge in [0, 0.05) is 6.54 Å². The lowest BCUT2D eigenvalue weighted by molar-refractivity contribution is 0.813. The monoisotopic (exact) mass is 324 g/mol. The fraction of sp³-hybridized carbons (Fsp3) is 0.0870. The Morgan fingerprint density at radius 1 is 0.800 bits per heavy atom. The molecule has 0 radical (unpaired) electrons. The third kappa shape index (κ3) is 3.38. The molecule has 0 aliphatic rings. The van der Waals surface area contributed by atoms with Crippen LogP contribution in [0, 0.1) is 6.92 Å². The molecule has 4 rings (SSSR count). The van der Waals surface area contributed by atoms with Crippen molar-refractivity contribution in [2.24, 2.45) is 0 Å². The first-order chi connectivity index (χ1) is 12.3. The minimum Gasteiger partial charge on any atom is -0.320 e. The number of hydrogen-bond donors (Lipinski definition) is 0. The van der Waals surface area contributed by atoms with Crippen LogP contribution >= 0.6 is 0 Å². The summed E-state index contributed by atoms with van der Waals surface area (Å²) in [7, 11) is 0. The van der Waals surface area contributed by atoms with Gasteiger partial charge in [0.05, 0.1) is 11.0 Å². The zero-order valence-electron chi connectivity index (χ0n) is 14.3. The Hall–Kier alpha value is -3.13. The summed E-state index contributed by atoms with van der Waals surface area (Å²) in [5.74, 6) is 0.977. The van der Waals surface area contributed by atoms with Crippen molar-refractivity contribution in [2.45, 2.75) is 13.5 Å². The van der Waals surface area contributed by atoms with Gasteiger partial charge in [0.15, 0.2) is 0 Å². The molecule has 0 aliphatic heterocycles. The van der Waals surface area contributed by atoms with Gasteiger partial charge in [-0.1, -0.05) is 78.4 Å². The SMILES string of the molecule is Cc1ccc(Cn2c(C=Cc3ccccc3)nc3ccccc32)cc1. The Labute approximate surface area is 148 Å². The molecule has 1 aromatic heterocycles. The normalized spacial score (nSPS) is 11.4. The Morgan fingerprint density at radius 3 is 2.32 bits per heavy atom. The van der Waals surface area contributed by atoms with Crippen LogP contribution in [0.15, 0.2) is 78.9 Å². The lowest BCUT2D eigenvalue weighted by Crippen LogP contribution is -2.02. The third-order valence-electron chi connectivity index (χ3n) is 4.37. The maximum Gasteiger partial charge on any atom is 0.134 e. The van der Waals surface area contributed by atoms with Gasteiger partial charge in [-0.3, -0.25) is 0 Å². The Bertz CT molecular complexity index is 1010. The molecule has 0 saturated heterocycles. The van der Waals surface area contributed by atoms with Gasteiger partial charge in [-0.25, -0.2) is 4.98 Å². The van der Waals surface area contributed by atoms with E-state index < -0.39 is 0 Å². The third-order valence-corrected chi connectivity index (χ3v) is 4.37. The lowest BCUT2D eigenvalue weighted by atomic mass is 10.1. The van der Waals surface area contributed by atoms with E-state index in [1.165, 1.54) is 16.7 Å². The number of hydrogen-bond acceptors (Lipinski definition) is 1. The zero-order chi connectivity index (χ0) is 17.1. The first-order valence-corrected chi connectivity index (χ1v) is 8.53. The van der Waals surface area contributed by atoms with Crippen molar-refractivity contribution in [3.8, 4) is 0 Å². The predicted octanol–water partition coefficient (Wildman–Crippen LogP) is 5.56. The first kappa shape index (κ1) is 15.4. The van der Waals surface area contributed by atoms with E-state index in [-0.39, 0.29) is 0 Å². The summed E-state index contributed by atoms with van der Waals surface area (Å²) in [6, 6.07) is 27.3. The summed E-state index contributed by atoms with van der Waals surface area (Å²) in [6.45, 7) is 2.93. The van der Waals surface area contributed by atoms with Crippen LogP contribution in [0.5, 0.6) is 0 Å². The second-order valence-electron chi connectivity index (χ2n) is 6.27. The van der Waals surface area contributed by atoms with Crippen molar-refractivity contribution in [1.82, 2.24) is 9.55 Å². The number of para-hydroxylation sites is 2. The number of aromatic nitrogens is 2. The minimum absolute atomic E-state index is 0.815. The maximum atomic E-state index is 4.82. The van der Waals surface area contributed by atoms with Crippen LogP contribution < -0.4 is 0 Å². The number of imidazole rings is 1. The molecule has 3 aromatic carbocycles. The number of aryl methyl sites for hydroxylation is 1. The van der Waals surface area contributed by atoms with Crippen LogP contribution in [0.1, 0.15) is 22.5 Å². The van der Waals surface area contributed by atoms with Gasteiger partial charge < -0.3 is 4.57 Å². The Kier molecular flexibility index (Phi) is 4.17. The van der Waals surface area contributed by atoms with Gasteiger partial charge in [0.1, 0.15) is 5.82 Å². The predicted molar refractivity (Wildman–Crippen MR) is 105 cm³/mol. The first-order valence-electron chi connectivity index (χ1n) is 8.53. The molecule has 0 N–H and O–H groups in total. The molecular weight excluding hydrogens is 304 g/mol. The van der Waals surface area contributed by atoms with Crippen molar-refractivity contribution in [3.05, 3.63) is 101 Å². The van der Waals surface area contributed by atoms with Crippen molar-refractivity contribution in [2.75, 3.05) is 0 Å². The van der Waals surface area contributed by atoms with E-state index >= 15 is 0 Å². The topological polar surface area (TPSA) is 17.8 Å². The van der Waals surface area contributed by atoms with E-state index in [1.54, 1.807) is 0 Å². The molecule has 0 aliphatic carbocycles. The van der Waals surface area contributed by atoms with Crippen LogP contribution in [0.4, 0.5) is 0 Å². The van der Waals surface area contributed by atoms with Gasteiger partial charge >= 0.3 is 0 Å². The average Bonchev–Trinajstić information content (AvgIpc) is 3.00. The van der Waals surface area contributed by atoms with Crippen LogP contribution in [0.25, 0.3) is 23.2 Å². The average molecular weight is 324 g/mol. The number of nitrogens with zero attached hydrogens (tertiary/aromatic N) is 2. The molecule has 122 valence electrons. The largest absolute Gasteiger partial charge is 0.320 e. The van der Waals surface area contributed by atoms with Gasteiger partial charge in [-0.2, -0.15) is 0 Å². The maximum absolute atomic E-state index is 4.82. The zero-order valence-corrected chi connectivity index (χ0v) is 14.3. The van der Waals surface area contributed by atoms with E-state index in [0.717, 1.165) is 23.4 Å². The summed E-state index contributed by atoms with van der Waals surface area (Å²) in [5.41, 5.74) is 5.93. The van der Waals surface area contributed by atoms with E-state index in [1.807, 2.05) is 12.1 Å². The molecule has 1 heterocycles. The van der Waals surface area contributed by atoms with Crippen LogP contribution in [0.3, 0.4) is 0 Å². The number of benzene rings is 3. The highest BCUT2D eigenvalue weighted by Gasteiger charge is 2.08. The second-order valence-corrected chi connectivity index (χ2v) is 6.27. The van der Waals surface area contributed by atoms with Crippen molar-refractivity contribution < 1.29 is 0 Å². The van der Waals surface area contributed by atoms with E-state index in [2.05, 4.69) is 90.4 Å². The van der Waals surface area contributed by atoms with Crippen LogP contribution in [0.2, 0.25) is 0 Å². The Morgan fingerprint density at radius 2 is 1.52 bits per heavy atom. The summed E-state index contributed by atoms with van der Waals surface area (Å²) >= 11 is 0. The van der Waals surface area contributed by atoms with Gasteiger partial charge in [0.2, 0.25) is 0 Å². The highest BCUT2D eigenvalue weighted by Crippen LogP contribution is 2.20. The molecule has 0 saturated carbocycles. The summed E-state index contributed by atoms with van der Waals surface area (Å²) in [6.07, 6.45) is 4.22. The molecule has 2 nitrogen and oxygen atoms in total. The molecule has 0 fully saturated rings. The highest BCUT2D eigenvalue weighted by molar-refractivity contribution is 5.80. The number of fused-ring (bicyclic) bond motifs is 1. The molecule has 0 bridgehead atoms. The molecule has 0 unspecified atom stereocenters. The Balaban J connectivity index is 1.75. The molecule has 0 spiro atoms. The summed E-state index contributed by atoms with van der Waals surface area (Å²) in [4.78, 5) is 4.82. The highest BCUT2D eigenvalue weighted by atomic mass is 15.1. The lowest BCUT2D eigenvalue weighted by Gasteiger charge is -2.08. The van der Waals surface area contributed by atoms with Gasteiger partial charge in [-0.05, 0) is 36.3 Å². The summed E-state index contributed by atoms with van der Waals surface area (Å²) < 4.78 is 2.28. The molecule has 4 aromatic rings. The fourth-order valence-electron chi connectivity index (χ4n) is 3.00. The summed E-state index contributed by atoms with van der Waals surface area (Å²) in [5, 5.41) is 0. The minimum atomic E-state index is 0.815. The molecule has 0 atom stereocenters. The smallest absolute Gasteiger partial charge is 0.134 e. The number of rotatable bonds is 4. The van der Waals surface area contributed by atoms with Crippen molar-refractivity contribution in [1.29, 1.82) is 0 Å². The van der Waals surface area contributed by atoms with E-state index in [9.17, 15) is 0 Å². The second kappa shape index (κ2) is 6.78. The van der Waals surface area contributed by atoms with Gasteiger partial charge in [0.25, 0.3) is 0 Å². The van der Waals surface area contributed by atoms with Crippen molar-refractivity contribution >= 4 is 23.2 Å².